The molecule has 0 unspecified atom stereocenters. The van der Waals surface area contributed by atoms with E-state index in [9.17, 15) is 9.18 Å². The van der Waals surface area contributed by atoms with Gasteiger partial charge in [-0.3, -0.25) is 0 Å². The maximum Gasteiger partial charge on any atom is 0.319 e. The minimum absolute atomic E-state index is 0.0822. The number of benzene rings is 1. The Labute approximate surface area is 124 Å². The number of carbonyl (C=O) groups is 1. The van der Waals surface area contributed by atoms with E-state index in [0.29, 0.717) is 11.6 Å². The van der Waals surface area contributed by atoms with E-state index in [1.807, 2.05) is 0 Å². The number of amides is 2. The number of carbonyl (C=O) groups excluding carboxylic acids is 1. The Morgan fingerprint density at radius 3 is 2.70 bits per heavy atom. The Balaban J connectivity index is 2.32. The summed E-state index contributed by atoms with van der Waals surface area (Å²) < 4.78 is 13.4. The highest BCUT2D eigenvalue weighted by Crippen LogP contribution is 2.19. The predicted molar refractivity (Wildman–Crippen MR) is 80.8 cm³/mol. The first-order valence-electron chi connectivity index (χ1n) is 6.79. The van der Waals surface area contributed by atoms with E-state index in [4.69, 9.17) is 11.6 Å². The molecule has 0 saturated carbocycles. The Hall–Kier alpha value is -1.33. The maximum atomic E-state index is 13.4. The molecule has 0 atom stereocenters. The van der Waals surface area contributed by atoms with Crippen LogP contribution in [0.5, 0.6) is 0 Å². The predicted octanol–water partition coefficient (Wildman–Crippen LogP) is 3.33. The Kier molecular flexibility index (Phi) is 7.33. The summed E-state index contributed by atoms with van der Waals surface area (Å²) >= 11 is 5.75. The van der Waals surface area contributed by atoms with Crippen molar-refractivity contribution < 1.29 is 9.18 Å². The molecule has 2 amide bonds. The summed E-state index contributed by atoms with van der Waals surface area (Å²) in [4.78, 5) is 13.9. The van der Waals surface area contributed by atoms with Gasteiger partial charge < -0.3 is 15.5 Å². The minimum atomic E-state index is -0.507. The number of nitrogens with zero attached hydrogens (tertiary/aromatic N) is 1. The second-order valence-corrected chi connectivity index (χ2v) is 4.82. The van der Waals surface area contributed by atoms with Crippen LogP contribution >= 0.6 is 11.6 Å². The van der Waals surface area contributed by atoms with Crippen LogP contribution in [0, 0.1) is 5.82 Å². The Morgan fingerprint density at radius 1 is 1.35 bits per heavy atom. The third-order valence-electron chi connectivity index (χ3n) is 3.01. The molecule has 0 saturated heterocycles. The second kappa shape index (κ2) is 8.76. The molecule has 6 heteroatoms. The van der Waals surface area contributed by atoms with Crippen molar-refractivity contribution in [2.45, 2.75) is 20.3 Å². The van der Waals surface area contributed by atoms with Crippen LogP contribution in [-0.2, 0) is 0 Å². The summed E-state index contributed by atoms with van der Waals surface area (Å²) in [5, 5.41) is 5.52. The standard InChI is InChI=1S/C14H21ClFN3O/c1-3-19(4-2)9-5-8-17-14(20)18-13-10-11(15)6-7-12(13)16/h6-7,10H,3-5,8-9H2,1-2H3,(H2,17,18,20). The number of anilines is 1. The monoisotopic (exact) mass is 301 g/mol. The fraction of sp³-hybridized carbons (Fsp3) is 0.500. The zero-order valence-corrected chi connectivity index (χ0v) is 12.6. The number of hydrogen-bond donors (Lipinski definition) is 2. The quantitative estimate of drug-likeness (QED) is 0.759. The highest BCUT2D eigenvalue weighted by atomic mass is 35.5. The third-order valence-corrected chi connectivity index (χ3v) is 3.24. The smallest absolute Gasteiger partial charge is 0.319 e. The van der Waals surface area contributed by atoms with Crippen LogP contribution in [0.3, 0.4) is 0 Å². The highest BCUT2D eigenvalue weighted by molar-refractivity contribution is 6.30. The van der Waals surface area contributed by atoms with Gasteiger partial charge in [0.1, 0.15) is 5.82 Å². The summed E-state index contributed by atoms with van der Waals surface area (Å²) in [6.07, 6.45) is 0.854. The molecule has 0 heterocycles. The van der Waals surface area contributed by atoms with Gasteiger partial charge in [-0.05, 0) is 44.3 Å². The van der Waals surface area contributed by atoms with E-state index in [0.717, 1.165) is 26.1 Å². The first-order chi connectivity index (χ1) is 9.56. The van der Waals surface area contributed by atoms with Gasteiger partial charge in [-0.2, -0.15) is 0 Å². The van der Waals surface area contributed by atoms with Gasteiger partial charge in [0.2, 0.25) is 0 Å². The molecular weight excluding hydrogens is 281 g/mol. The van der Waals surface area contributed by atoms with E-state index in [1.54, 1.807) is 0 Å². The van der Waals surface area contributed by atoms with Crippen molar-refractivity contribution in [1.29, 1.82) is 0 Å². The number of halogens is 2. The molecule has 0 aromatic heterocycles. The lowest BCUT2D eigenvalue weighted by molar-refractivity contribution is 0.250. The molecule has 0 bridgehead atoms. The summed E-state index contributed by atoms with van der Waals surface area (Å²) in [5.41, 5.74) is 0.0822. The van der Waals surface area contributed by atoms with E-state index in [-0.39, 0.29) is 5.69 Å². The molecule has 1 aromatic carbocycles. The second-order valence-electron chi connectivity index (χ2n) is 4.39. The number of nitrogens with one attached hydrogen (secondary N) is 2. The SMILES string of the molecule is CCN(CC)CCCNC(=O)Nc1cc(Cl)ccc1F. The van der Waals surface area contributed by atoms with Gasteiger partial charge in [-0.15, -0.1) is 0 Å². The first kappa shape index (κ1) is 16.7. The van der Waals surface area contributed by atoms with Crippen molar-refractivity contribution in [2.24, 2.45) is 0 Å². The molecule has 1 aromatic rings. The van der Waals surface area contributed by atoms with E-state index in [2.05, 4.69) is 29.4 Å². The zero-order valence-electron chi connectivity index (χ0n) is 11.9. The summed E-state index contributed by atoms with van der Waals surface area (Å²) in [5.74, 6) is -0.507. The van der Waals surface area contributed by atoms with Crippen LogP contribution in [-0.4, -0.2) is 37.1 Å². The topological polar surface area (TPSA) is 44.4 Å². The lowest BCUT2D eigenvalue weighted by atomic mass is 10.3. The highest BCUT2D eigenvalue weighted by Gasteiger charge is 2.07. The normalized spacial score (nSPS) is 10.7. The van der Waals surface area contributed by atoms with Crippen molar-refractivity contribution in [1.82, 2.24) is 10.2 Å². The van der Waals surface area contributed by atoms with Gasteiger partial charge >= 0.3 is 6.03 Å². The van der Waals surface area contributed by atoms with E-state index in [1.165, 1.54) is 18.2 Å². The summed E-state index contributed by atoms with van der Waals surface area (Å²) in [6, 6.07) is 3.61. The summed E-state index contributed by atoms with van der Waals surface area (Å²) in [7, 11) is 0. The van der Waals surface area contributed by atoms with Crippen molar-refractivity contribution in [3.63, 3.8) is 0 Å². The average Bonchev–Trinajstić information content (AvgIpc) is 2.43. The Bertz CT molecular complexity index is 438. The van der Waals surface area contributed by atoms with Gasteiger partial charge in [-0.1, -0.05) is 25.4 Å². The third kappa shape index (κ3) is 5.75. The molecule has 1 rings (SSSR count). The largest absolute Gasteiger partial charge is 0.338 e. The Morgan fingerprint density at radius 2 is 2.05 bits per heavy atom. The molecule has 0 spiro atoms. The molecule has 112 valence electrons. The van der Waals surface area contributed by atoms with Crippen LogP contribution in [0.2, 0.25) is 5.02 Å². The zero-order chi connectivity index (χ0) is 15.0. The van der Waals surface area contributed by atoms with Gasteiger partial charge in [0.05, 0.1) is 5.69 Å². The fourth-order valence-corrected chi connectivity index (χ4v) is 1.98. The molecule has 4 nitrogen and oxygen atoms in total. The number of rotatable bonds is 7. The van der Waals surface area contributed by atoms with Crippen molar-refractivity contribution in [3.05, 3.63) is 29.0 Å². The molecule has 0 fully saturated rings. The van der Waals surface area contributed by atoms with Crippen LogP contribution in [0.4, 0.5) is 14.9 Å². The van der Waals surface area contributed by atoms with Crippen molar-refractivity contribution >= 4 is 23.3 Å². The maximum absolute atomic E-state index is 13.4. The average molecular weight is 302 g/mol. The minimum Gasteiger partial charge on any atom is -0.338 e. The first-order valence-corrected chi connectivity index (χ1v) is 7.16. The lowest BCUT2D eigenvalue weighted by Gasteiger charge is -2.17. The van der Waals surface area contributed by atoms with Gasteiger partial charge in [0.15, 0.2) is 0 Å². The van der Waals surface area contributed by atoms with Crippen LogP contribution < -0.4 is 10.6 Å². The molecule has 2 N–H and O–H groups in total. The van der Waals surface area contributed by atoms with Crippen molar-refractivity contribution in [3.8, 4) is 0 Å². The number of hydrogen-bond acceptors (Lipinski definition) is 2. The molecule has 0 aliphatic carbocycles. The summed E-state index contributed by atoms with van der Waals surface area (Å²) in [6.45, 7) is 7.67. The molecular formula is C14H21ClFN3O. The molecule has 0 radical (unpaired) electrons. The van der Waals surface area contributed by atoms with E-state index >= 15 is 0 Å². The van der Waals surface area contributed by atoms with Crippen LogP contribution in [0.1, 0.15) is 20.3 Å². The lowest BCUT2D eigenvalue weighted by Crippen LogP contribution is -2.32. The fourth-order valence-electron chi connectivity index (χ4n) is 1.80. The molecule has 0 aliphatic heterocycles. The molecule has 0 aliphatic rings. The van der Waals surface area contributed by atoms with Crippen LogP contribution in [0.15, 0.2) is 18.2 Å². The molecule has 20 heavy (non-hydrogen) atoms. The van der Waals surface area contributed by atoms with Gasteiger partial charge in [0.25, 0.3) is 0 Å². The van der Waals surface area contributed by atoms with E-state index < -0.39 is 11.8 Å². The van der Waals surface area contributed by atoms with Gasteiger partial charge in [-0.25, -0.2) is 9.18 Å². The van der Waals surface area contributed by atoms with Gasteiger partial charge in [0, 0.05) is 11.6 Å². The number of urea groups is 1. The van der Waals surface area contributed by atoms with Crippen LogP contribution in [0.25, 0.3) is 0 Å². The van der Waals surface area contributed by atoms with Crippen molar-refractivity contribution in [2.75, 3.05) is 31.5 Å².